The van der Waals surface area contributed by atoms with Crippen LogP contribution < -0.4 is 10.9 Å². The number of aromatic nitrogens is 1. The summed E-state index contributed by atoms with van der Waals surface area (Å²) in [6.45, 7) is 1.83. The number of carbonyl (C=O) groups excluding carboxylic acids is 2. The monoisotopic (exact) mass is 429 g/mol. The van der Waals surface area contributed by atoms with E-state index in [2.05, 4.69) is 15.3 Å². The van der Waals surface area contributed by atoms with Crippen molar-refractivity contribution in [3.8, 4) is 5.75 Å². The average molecular weight is 429 g/mol. The maximum absolute atomic E-state index is 13.0. The number of fused-ring (bicyclic) bond motifs is 1. The SMILES string of the molecule is COC(=O)c1ccc(N=c2oc3cc(O)ccc3cc2C(=O)Nc2cccc(C)n2)cc1. The molecule has 4 aromatic rings. The lowest BCUT2D eigenvalue weighted by Gasteiger charge is -2.07. The molecule has 0 aliphatic heterocycles. The molecule has 0 spiro atoms. The van der Waals surface area contributed by atoms with E-state index in [0.29, 0.717) is 28.0 Å². The van der Waals surface area contributed by atoms with E-state index in [1.807, 2.05) is 13.0 Å². The van der Waals surface area contributed by atoms with Gasteiger partial charge in [0, 0.05) is 17.1 Å². The van der Waals surface area contributed by atoms with Gasteiger partial charge in [-0.3, -0.25) is 4.79 Å². The quantitative estimate of drug-likeness (QED) is 0.472. The summed E-state index contributed by atoms with van der Waals surface area (Å²) in [4.78, 5) is 33.4. The molecule has 0 fully saturated rings. The summed E-state index contributed by atoms with van der Waals surface area (Å²) >= 11 is 0. The van der Waals surface area contributed by atoms with Crippen LogP contribution in [0, 0.1) is 6.92 Å². The molecule has 0 atom stereocenters. The number of nitrogens with zero attached hydrogens (tertiary/aromatic N) is 2. The number of benzene rings is 2. The normalized spacial score (nSPS) is 11.4. The minimum absolute atomic E-state index is 0.0239. The predicted molar refractivity (Wildman–Crippen MR) is 118 cm³/mol. The third-order valence-corrected chi connectivity index (χ3v) is 4.63. The summed E-state index contributed by atoms with van der Waals surface area (Å²) in [6.07, 6.45) is 0. The Kier molecular flexibility index (Phi) is 5.67. The Morgan fingerprint density at radius 3 is 2.56 bits per heavy atom. The maximum Gasteiger partial charge on any atom is 0.337 e. The first-order chi connectivity index (χ1) is 15.4. The Bertz CT molecular complexity index is 1390. The van der Waals surface area contributed by atoms with Crippen molar-refractivity contribution in [1.29, 1.82) is 0 Å². The molecule has 4 rings (SSSR count). The molecule has 160 valence electrons. The van der Waals surface area contributed by atoms with Crippen LogP contribution in [0.25, 0.3) is 11.0 Å². The van der Waals surface area contributed by atoms with Gasteiger partial charge < -0.3 is 19.6 Å². The molecular weight excluding hydrogens is 410 g/mol. The molecule has 0 bridgehead atoms. The number of hydrogen-bond donors (Lipinski definition) is 2. The number of carbonyl (C=O) groups is 2. The highest BCUT2D eigenvalue weighted by molar-refractivity contribution is 6.05. The summed E-state index contributed by atoms with van der Waals surface area (Å²) in [5.74, 6) is -0.495. The van der Waals surface area contributed by atoms with E-state index in [4.69, 9.17) is 9.15 Å². The van der Waals surface area contributed by atoms with Crippen LogP contribution in [0.1, 0.15) is 26.4 Å². The molecule has 2 heterocycles. The van der Waals surface area contributed by atoms with Crippen molar-refractivity contribution in [3.63, 3.8) is 0 Å². The van der Waals surface area contributed by atoms with E-state index in [-0.39, 0.29) is 16.9 Å². The minimum atomic E-state index is -0.465. The highest BCUT2D eigenvalue weighted by atomic mass is 16.5. The Morgan fingerprint density at radius 1 is 1.06 bits per heavy atom. The number of ether oxygens (including phenoxy) is 1. The number of nitrogens with one attached hydrogen (secondary N) is 1. The molecule has 2 aromatic carbocycles. The predicted octanol–water partition coefficient (Wildman–Crippen LogP) is 4.11. The van der Waals surface area contributed by atoms with Gasteiger partial charge >= 0.3 is 5.97 Å². The summed E-state index contributed by atoms with van der Waals surface area (Å²) in [5.41, 5.74) is 2.18. The van der Waals surface area contributed by atoms with Crippen molar-refractivity contribution in [2.75, 3.05) is 12.4 Å². The zero-order chi connectivity index (χ0) is 22.7. The molecule has 2 aromatic heterocycles. The van der Waals surface area contributed by atoms with E-state index in [9.17, 15) is 14.7 Å². The van der Waals surface area contributed by atoms with Crippen LogP contribution in [0.15, 0.2) is 76.1 Å². The third-order valence-electron chi connectivity index (χ3n) is 4.63. The maximum atomic E-state index is 13.0. The van der Waals surface area contributed by atoms with Gasteiger partial charge in [-0.05, 0) is 61.5 Å². The molecule has 0 saturated carbocycles. The van der Waals surface area contributed by atoms with Crippen LogP contribution in [-0.2, 0) is 4.74 Å². The molecular formula is C24H19N3O5. The van der Waals surface area contributed by atoms with E-state index >= 15 is 0 Å². The second-order valence-corrected chi connectivity index (χ2v) is 6.96. The van der Waals surface area contributed by atoms with Crippen LogP contribution >= 0.6 is 0 Å². The first-order valence-corrected chi connectivity index (χ1v) is 9.68. The number of pyridine rings is 1. The third kappa shape index (κ3) is 4.49. The number of esters is 1. The Morgan fingerprint density at radius 2 is 1.84 bits per heavy atom. The second kappa shape index (κ2) is 8.73. The Balaban J connectivity index is 1.81. The zero-order valence-corrected chi connectivity index (χ0v) is 17.3. The fraction of sp³-hybridized carbons (Fsp3) is 0.0833. The van der Waals surface area contributed by atoms with Crippen LogP contribution in [0.4, 0.5) is 11.5 Å². The van der Waals surface area contributed by atoms with Gasteiger partial charge in [-0.25, -0.2) is 14.8 Å². The van der Waals surface area contributed by atoms with Crippen molar-refractivity contribution in [2.45, 2.75) is 6.92 Å². The Labute approximate surface area is 182 Å². The fourth-order valence-electron chi connectivity index (χ4n) is 3.06. The average Bonchev–Trinajstić information content (AvgIpc) is 2.78. The molecule has 2 N–H and O–H groups in total. The van der Waals surface area contributed by atoms with E-state index in [1.165, 1.54) is 19.2 Å². The van der Waals surface area contributed by atoms with Gasteiger partial charge in [0.2, 0.25) is 5.55 Å². The number of amides is 1. The van der Waals surface area contributed by atoms with Crippen molar-refractivity contribution in [1.82, 2.24) is 4.98 Å². The highest BCUT2D eigenvalue weighted by Crippen LogP contribution is 2.21. The van der Waals surface area contributed by atoms with Crippen molar-refractivity contribution in [3.05, 3.63) is 89.1 Å². The number of aryl methyl sites for hydroxylation is 1. The number of phenolic OH excluding ortho intramolecular Hbond substituents is 1. The minimum Gasteiger partial charge on any atom is -0.508 e. The highest BCUT2D eigenvalue weighted by Gasteiger charge is 2.14. The summed E-state index contributed by atoms with van der Waals surface area (Å²) in [6, 6.07) is 17.9. The summed E-state index contributed by atoms with van der Waals surface area (Å²) in [5, 5.41) is 13.2. The number of anilines is 1. The van der Waals surface area contributed by atoms with Gasteiger partial charge in [0.05, 0.1) is 18.4 Å². The summed E-state index contributed by atoms with van der Waals surface area (Å²) in [7, 11) is 1.30. The number of phenols is 1. The first kappa shape index (κ1) is 20.8. The number of hydrogen-bond acceptors (Lipinski definition) is 7. The second-order valence-electron chi connectivity index (χ2n) is 6.96. The first-order valence-electron chi connectivity index (χ1n) is 9.68. The number of aromatic hydroxyl groups is 1. The molecule has 0 unspecified atom stereocenters. The fourth-order valence-corrected chi connectivity index (χ4v) is 3.06. The topological polar surface area (TPSA) is 114 Å². The van der Waals surface area contributed by atoms with E-state index < -0.39 is 11.9 Å². The molecule has 1 amide bonds. The van der Waals surface area contributed by atoms with Gasteiger partial charge in [0.25, 0.3) is 5.91 Å². The summed E-state index contributed by atoms with van der Waals surface area (Å²) < 4.78 is 10.6. The zero-order valence-electron chi connectivity index (χ0n) is 17.3. The van der Waals surface area contributed by atoms with Crippen LogP contribution in [0.5, 0.6) is 5.75 Å². The van der Waals surface area contributed by atoms with Gasteiger partial charge in [-0.1, -0.05) is 6.07 Å². The smallest absolute Gasteiger partial charge is 0.337 e. The lowest BCUT2D eigenvalue weighted by molar-refractivity contribution is 0.0600. The van der Waals surface area contributed by atoms with Crippen molar-refractivity contribution < 1.29 is 23.8 Å². The largest absolute Gasteiger partial charge is 0.508 e. The van der Waals surface area contributed by atoms with Gasteiger partial charge in [-0.15, -0.1) is 0 Å². The van der Waals surface area contributed by atoms with Crippen LogP contribution in [0.2, 0.25) is 0 Å². The molecule has 32 heavy (non-hydrogen) atoms. The van der Waals surface area contributed by atoms with E-state index in [0.717, 1.165) is 5.69 Å². The van der Waals surface area contributed by atoms with Gasteiger partial charge in [0.1, 0.15) is 22.7 Å². The van der Waals surface area contributed by atoms with Crippen LogP contribution in [0.3, 0.4) is 0 Å². The molecule has 8 nitrogen and oxygen atoms in total. The van der Waals surface area contributed by atoms with Gasteiger partial charge in [-0.2, -0.15) is 0 Å². The molecule has 0 aliphatic carbocycles. The lowest BCUT2D eigenvalue weighted by atomic mass is 10.1. The van der Waals surface area contributed by atoms with Gasteiger partial charge in [0.15, 0.2) is 0 Å². The standard InChI is InChI=1S/C24H19N3O5/c1-14-4-3-5-21(25-14)27-22(29)19-12-16-8-11-18(28)13-20(16)32-23(19)26-17-9-6-15(7-10-17)24(30)31-2/h3-13,28H,1-2H3,(H,25,27,29). The lowest BCUT2D eigenvalue weighted by Crippen LogP contribution is -2.22. The number of methoxy groups -OCH3 is 1. The van der Waals surface area contributed by atoms with E-state index in [1.54, 1.807) is 48.5 Å². The van der Waals surface area contributed by atoms with Crippen molar-refractivity contribution in [2.24, 2.45) is 4.99 Å². The molecule has 0 saturated heterocycles. The molecule has 8 heteroatoms. The Hall–Kier alpha value is -4.46. The van der Waals surface area contributed by atoms with Crippen molar-refractivity contribution >= 4 is 34.4 Å². The number of rotatable bonds is 4. The molecule has 0 radical (unpaired) electrons. The molecule has 0 aliphatic rings. The van der Waals surface area contributed by atoms with Crippen LogP contribution in [-0.4, -0.2) is 29.1 Å².